The first-order valence-electron chi connectivity index (χ1n) is 9.79. The fourth-order valence-corrected chi connectivity index (χ4v) is 3.78. The first-order chi connectivity index (χ1) is 13.3. The molecule has 5 heteroatoms. The number of hydrogen-bond acceptors (Lipinski definition) is 3. The summed E-state index contributed by atoms with van der Waals surface area (Å²) in [7, 11) is 0. The number of amides is 2. The molecule has 2 amide bonds. The fourth-order valence-electron chi connectivity index (χ4n) is 3.78. The predicted octanol–water partition coefficient (Wildman–Crippen LogP) is 3.32. The Morgan fingerprint density at radius 2 is 1.46 bits per heavy atom. The van der Waals surface area contributed by atoms with Crippen molar-refractivity contribution in [2.45, 2.75) is 27.7 Å². The Bertz CT molecular complexity index is 843. The van der Waals surface area contributed by atoms with E-state index < -0.39 is 0 Å². The summed E-state index contributed by atoms with van der Waals surface area (Å²) in [5.74, 6) is 0.0675. The quantitative estimate of drug-likeness (QED) is 0.887. The predicted molar refractivity (Wildman–Crippen MR) is 113 cm³/mol. The van der Waals surface area contributed by atoms with Crippen molar-refractivity contribution in [2.24, 2.45) is 0 Å². The summed E-state index contributed by atoms with van der Waals surface area (Å²) < 4.78 is 0. The summed E-state index contributed by atoms with van der Waals surface area (Å²) in [6, 6.07) is 12.0. The maximum absolute atomic E-state index is 12.8. The minimum atomic E-state index is -0.00788. The molecule has 0 aromatic heterocycles. The van der Waals surface area contributed by atoms with Crippen LogP contribution in [-0.4, -0.2) is 54.3 Å². The number of nitrogens with zero attached hydrogens (tertiary/aromatic N) is 2. The van der Waals surface area contributed by atoms with Crippen molar-refractivity contribution in [2.75, 3.05) is 38.0 Å². The highest BCUT2D eigenvalue weighted by Gasteiger charge is 2.23. The molecule has 0 radical (unpaired) electrons. The van der Waals surface area contributed by atoms with Crippen LogP contribution in [0.1, 0.15) is 32.6 Å². The van der Waals surface area contributed by atoms with Crippen LogP contribution in [-0.2, 0) is 4.79 Å². The summed E-state index contributed by atoms with van der Waals surface area (Å²) in [5, 5.41) is 3.04. The molecule has 2 aromatic carbocycles. The Labute approximate surface area is 167 Å². The molecule has 1 fully saturated rings. The number of nitrogens with one attached hydrogen (secondary N) is 1. The Morgan fingerprint density at radius 3 is 2.04 bits per heavy atom. The lowest BCUT2D eigenvalue weighted by Crippen LogP contribution is -2.50. The molecule has 1 heterocycles. The third-order valence-corrected chi connectivity index (χ3v) is 5.24. The lowest BCUT2D eigenvalue weighted by molar-refractivity contribution is -0.117. The number of carbonyl (C=O) groups is 2. The number of hydrogen-bond donors (Lipinski definition) is 1. The van der Waals surface area contributed by atoms with E-state index in [4.69, 9.17) is 0 Å². The van der Waals surface area contributed by atoms with Gasteiger partial charge in [0.05, 0.1) is 6.54 Å². The maximum Gasteiger partial charge on any atom is 0.253 e. The van der Waals surface area contributed by atoms with Crippen molar-refractivity contribution in [3.63, 3.8) is 0 Å². The van der Waals surface area contributed by atoms with E-state index in [0.717, 1.165) is 33.5 Å². The van der Waals surface area contributed by atoms with Crippen LogP contribution in [0, 0.1) is 27.7 Å². The van der Waals surface area contributed by atoms with E-state index in [1.165, 1.54) is 0 Å². The van der Waals surface area contributed by atoms with Gasteiger partial charge in [0.1, 0.15) is 0 Å². The standard InChI is InChI=1S/C23H29N3O2/c1-16-12-17(2)14-20(13-16)23(28)26-10-8-25(9-11-26)15-21(27)24-22-18(3)6-5-7-19(22)4/h5-7,12-14H,8-11,15H2,1-4H3,(H,24,27). The van der Waals surface area contributed by atoms with Crippen LogP contribution in [0.5, 0.6) is 0 Å². The highest BCUT2D eigenvalue weighted by atomic mass is 16.2. The average molecular weight is 380 g/mol. The molecular formula is C23H29N3O2. The fraction of sp³-hybridized carbons (Fsp3) is 0.391. The molecule has 1 saturated heterocycles. The number of benzene rings is 2. The van der Waals surface area contributed by atoms with Gasteiger partial charge in [0, 0.05) is 37.4 Å². The van der Waals surface area contributed by atoms with Crippen molar-refractivity contribution in [1.82, 2.24) is 9.80 Å². The third-order valence-electron chi connectivity index (χ3n) is 5.24. The number of anilines is 1. The summed E-state index contributed by atoms with van der Waals surface area (Å²) >= 11 is 0. The van der Waals surface area contributed by atoms with Crippen molar-refractivity contribution < 1.29 is 9.59 Å². The van der Waals surface area contributed by atoms with Crippen LogP contribution in [0.4, 0.5) is 5.69 Å². The molecular weight excluding hydrogens is 350 g/mol. The zero-order valence-electron chi connectivity index (χ0n) is 17.2. The van der Waals surface area contributed by atoms with Crippen LogP contribution >= 0.6 is 0 Å². The molecule has 5 nitrogen and oxygen atoms in total. The van der Waals surface area contributed by atoms with E-state index in [1.54, 1.807) is 0 Å². The van der Waals surface area contributed by atoms with Crippen LogP contribution in [0.3, 0.4) is 0 Å². The van der Waals surface area contributed by atoms with Gasteiger partial charge in [-0.25, -0.2) is 0 Å². The minimum Gasteiger partial charge on any atom is -0.336 e. The van der Waals surface area contributed by atoms with Gasteiger partial charge in [-0.05, 0) is 51.0 Å². The van der Waals surface area contributed by atoms with Gasteiger partial charge in [-0.2, -0.15) is 0 Å². The van der Waals surface area contributed by atoms with Crippen molar-refractivity contribution >= 4 is 17.5 Å². The smallest absolute Gasteiger partial charge is 0.253 e. The summed E-state index contributed by atoms with van der Waals surface area (Å²) in [6.45, 7) is 11.1. The Balaban J connectivity index is 1.54. The number of piperazine rings is 1. The molecule has 1 N–H and O–H groups in total. The summed E-state index contributed by atoms with van der Waals surface area (Å²) in [4.78, 5) is 29.2. The molecule has 0 atom stereocenters. The van der Waals surface area contributed by atoms with E-state index in [9.17, 15) is 9.59 Å². The van der Waals surface area contributed by atoms with Gasteiger partial charge < -0.3 is 10.2 Å². The summed E-state index contributed by atoms with van der Waals surface area (Å²) in [6.07, 6.45) is 0. The second-order valence-electron chi connectivity index (χ2n) is 7.76. The first-order valence-corrected chi connectivity index (χ1v) is 9.79. The number of carbonyl (C=O) groups excluding carboxylic acids is 2. The highest BCUT2D eigenvalue weighted by Crippen LogP contribution is 2.19. The van der Waals surface area contributed by atoms with Gasteiger partial charge in [-0.1, -0.05) is 35.4 Å². The zero-order valence-corrected chi connectivity index (χ0v) is 17.2. The molecule has 3 rings (SSSR count). The highest BCUT2D eigenvalue weighted by molar-refractivity contribution is 5.95. The maximum atomic E-state index is 12.8. The molecule has 1 aliphatic heterocycles. The molecule has 28 heavy (non-hydrogen) atoms. The molecule has 0 spiro atoms. The third kappa shape index (κ3) is 4.78. The minimum absolute atomic E-state index is 0.00788. The van der Waals surface area contributed by atoms with E-state index >= 15 is 0 Å². The second-order valence-corrected chi connectivity index (χ2v) is 7.76. The number of aryl methyl sites for hydroxylation is 4. The summed E-state index contributed by atoms with van der Waals surface area (Å²) in [5.41, 5.74) is 5.99. The van der Waals surface area contributed by atoms with Crippen LogP contribution in [0.2, 0.25) is 0 Å². The van der Waals surface area contributed by atoms with Gasteiger partial charge in [0.15, 0.2) is 0 Å². The van der Waals surface area contributed by atoms with Crippen molar-refractivity contribution in [1.29, 1.82) is 0 Å². The second kappa shape index (κ2) is 8.57. The van der Waals surface area contributed by atoms with Gasteiger partial charge in [0.25, 0.3) is 5.91 Å². The van der Waals surface area contributed by atoms with Crippen molar-refractivity contribution in [3.05, 3.63) is 64.2 Å². The Hall–Kier alpha value is -2.66. The topological polar surface area (TPSA) is 52.7 Å². The lowest BCUT2D eigenvalue weighted by Gasteiger charge is -2.34. The molecule has 0 unspecified atom stereocenters. The van der Waals surface area contributed by atoms with E-state index in [-0.39, 0.29) is 11.8 Å². The Kier molecular flexibility index (Phi) is 6.15. The Morgan fingerprint density at radius 1 is 0.893 bits per heavy atom. The van der Waals surface area contributed by atoms with Gasteiger partial charge in [-0.3, -0.25) is 14.5 Å². The SMILES string of the molecule is Cc1cc(C)cc(C(=O)N2CCN(CC(=O)Nc3c(C)cccc3C)CC2)c1. The molecule has 0 aliphatic carbocycles. The van der Waals surface area contributed by atoms with Crippen LogP contribution in [0.25, 0.3) is 0 Å². The monoisotopic (exact) mass is 379 g/mol. The van der Waals surface area contributed by atoms with Gasteiger partial charge >= 0.3 is 0 Å². The molecule has 2 aromatic rings. The zero-order chi connectivity index (χ0) is 20.3. The first kappa shape index (κ1) is 20.1. The largest absolute Gasteiger partial charge is 0.336 e. The van der Waals surface area contributed by atoms with E-state index in [2.05, 4.69) is 16.3 Å². The van der Waals surface area contributed by atoms with Crippen LogP contribution in [0.15, 0.2) is 36.4 Å². The number of para-hydroxylation sites is 1. The van der Waals surface area contributed by atoms with Crippen LogP contribution < -0.4 is 5.32 Å². The molecule has 0 bridgehead atoms. The molecule has 1 aliphatic rings. The van der Waals surface area contributed by atoms with Gasteiger partial charge in [-0.15, -0.1) is 0 Å². The average Bonchev–Trinajstić information content (AvgIpc) is 2.64. The van der Waals surface area contributed by atoms with Crippen molar-refractivity contribution in [3.8, 4) is 0 Å². The van der Waals surface area contributed by atoms with E-state index in [0.29, 0.717) is 32.7 Å². The lowest BCUT2D eigenvalue weighted by atomic mass is 10.1. The van der Waals surface area contributed by atoms with E-state index in [1.807, 2.05) is 62.9 Å². The van der Waals surface area contributed by atoms with Gasteiger partial charge in [0.2, 0.25) is 5.91 Å². The molecule has 148 valence electrons. The molecule has 0 saturated carbocycles. The normalized spacial score (nSPS) is 14.8. The number of rotatable bonds is 4.